The minimum atomic E-state index is 0. The van der Waals surface area contributed by atoms with Gasteiger partial charge in [0.25, 0.3) is 0 Å². The van der Waals surface area contributed by atoms with Crippen molar-refractivity contribution in [2.45, 2.75) is 50.6 Å². The monoisotopic (exact) mass is 425 g/mol. The summed E-state index contributed by atoms with van der Waals surface area (Å²) < 4.78 is 0. The molecule has 0 unspecified atom stereocenters. The fraction of sp³-hybridized carbons (Fsp3) is 0.682. The van der Waals surface area contributed by atoms with Crippen LogP contribution in [0.5, 0.6) is 0 Å². The first-order chi connectivity index (χ1) is 12.8. The second kappa shape index (κ2) is 9.34. The number of nitrogens with one attached hydrogen (secondary N) is 2. The molecule has 1 amide bonds. The number of rotatable bonds is 3. The van der Waals surface area contributed by atoms with Crippen LogP contribution < -0.4 is 10.6 Å². The Kier molecular flexibility index (Phi) is 7.30. The van der Waals surface area contributed by atoms with Gasteiger partial charge in [0.2, 0.25) is 5.91 Å². The number of amides is 1. The van der Waals surface area contributed by atoms with Crippen molar-refractivity contribution < 1.29 is 4.79 Å². The first-order valence-electron chi connectivity index (χ1n) is 10.6. The number of benzene rings is 1. The maximum atomic E-state index is 12.8. The lowest BCUT2D eigenvalue weighted by atomic mass is 9.73. The van der Waals surface area contributed by atoms with Gasteiger partial charge in [0.15, 0.2) is 0 Å². The lowest BCUT2D eigenvalue weighted by Crippen LogP contribution is -2.65. The summed E-state index contributed by atoms with van der Waals surface area (Å²) in [6.07, 6.45) is 7.22. The maximum Gasteiger partial charge on any atom is 0.223 e. The van der Waals surface area contributed by atoms with Crippen LogP contribution in [0.4, 0.5) is 0 Å². The van der Waals surface area contributed by atoms with Gasteiger partial charge in [-0.3, -0.25) is 9.69 Å². The van der Waals surface area contributed by atoms with Crippen LogP contribution in [0.25, 0.3) is 0 Å². The molecule has 4 nitrogen and oxygen atoms in total. The fourth-order valence-electron chi connectivity index (χ4n) is 6.14. The van der Waals surface area contributed by atoms with Crippen LogP contribution in [0.15, 0.2) is 24.3 Å². The second-order valence-electron chi connectivity index (χ2n) is 8.90. The maximum absolute atomic E-state index is 12.8. The first kappa shape index (κ1) is 21.9. The van der Waals surface area contributed by atoms with Crippen molar-refractivity contribution in [3.05, 3.63) is 35.4 Å². The van der Waals surface area contributed by atoms with Crippen molar-refractivity contribution in [1.82, 2.24) is 15.5 Å². The topological polar surface area (TPSA) is 44.4 Å². The highest BCUT2D eigenvalue weighted by Gasteiger charge is 2.45. The van der Waals surface area contributed by atoms with E-state index in [0.29, 0.717) is 12.0 Å². The van der Waals surface area contributed by atoms with E-state index < -0.39 is 0 Å². The summed E-state index contributed by atoms with van der Waals surface area (Å²) >= 11 is 0. The molecule has 6 heteroatoms. The molecule has 1 aromatic carbocycles. The molecule has 3 saturated heterocycles. The third-order valence-corrected chi connectivity index (χ3v) is 7.43. The molecule has 4 aliphatic rings. The van der Waals surface area contributed by atoms with E-state index in [1.807, 2.05) is 0 Å². The molecule has 1 aromatic rings. The van der Waals surface area contributed by atoms with Gasteiger partial charge < -0.3 is 10.6 Å². The summed E-state index contributed by atoms with van der Waals surface area (Å²) in [5.41, 5.74) is 2.72. The van der Waals surface area contributed by atoms with Crippen LogP contribution in [-0.4, -0.2) is 49.1 Å². The summed E-state index contributed by atoms with van der Waals surface area (Å²) in [7, 11) is 0. The average molecular weight is 426 g/mol. The Balaban J connectivity index is 0.00000112. The number of hydrogen-bond donors (Lipinski definition) is 2. The zero-order valence-electron chi connectivity index (χ0n) is 16.4. The van der Waals surface area contributed by atoms with Crippen LogP contribution in [0.2, 0.25) is 0 Å². The zero-order valence-corrected chi connectivity index (χ0v) is 18.1. The molecule has 156 valence electrons. The number of hydrogen-bond acceptors (Lipinski definition) is 3. The third-order valence-electron chi connectivity index (χ3n) is 7.43. The smallest absolute Gasteiger partial charge is 0.223 e. The summed E-state index contributed by atoms with van der Waals surface area (Å²) in [4.78, 5) is 15.6. The van der Waals surface area contributed by atoms with E-state index in [1.165, 1.54) is 49.9 Å². The number of carbonyl (C=O) groups excluding carboxylic acids is 1. The summed E-state index contributed by atoms with van der Waals surface area (Å²) in [6, 6.07) is 9.79. The average Bonchev–Trinajstić information content (AvgIpc) is 3.12. The third kappa shape index (κ3) is 4.07. The van der Waals surface area contributed by atoms with Crippen molar-refractivity contribution in [2.75, 3.05) is 26.2 Å². The molecular weight excluding hydrogens is 393 g/mol. The number of piperidine rings is 3. The Bertz CT molecular complexity index is 661. The Morgan fingerprint density at radius 1 is 1.07 bits per heavy atom. The molecule has 3 heterocycles. The number of halogens is 2. The van der Waals surface area contributed by atoms with Crippen molar-refractivity contribution in [3.8, 4) is 0 Å². The zero-order chi connectivity index (χ0) is 17.5. The molecule has 1 aliphatic carbocycles. The van der Waals surface area contributed by atoms with Gasteiger partial charge >= 0.3 is 0 Å². The standard InChI is InChI=1S/C22H31N3O.2ClH/c26-22(17-9-15-5-1-2-6-16(15)10-17)24-14-21-19-11-18(12-23-13-19)20-7-3-4-8-25(20)21;;/h1-2,5-6,17-21,23H,3-4,7-14H2,(H,24,26);2*1H/t18-,19+,20+,21+;;/m1../s1. The molecule has 0 radical (unpaired) electrons. The molecular formula is C22H33Cl2N3O. The summed E-state index contributed by atoms with van der Waals surface area (Å²) in [5.74, 6) is 1.92. The molecule has 2 bridgehead atoms. The van der Waals surface area contributed by atoms with E-state index in [-0.39, 0.29) is 36.6 Å². The molecule has 28 heavy (non-hydrogen) atoms. The Labute approximate surface area is 181 Å². The largest absolute Gasteiger partial charge is 0.354 e. The predicted octanol–water partition coefficient (Wildman–Crippen LogP) is 2.82. The highest BCUT2D eigenvalue weighted by molar-refractivity contribution is 5.85. The minimum absolute atomic E-state index is 0. The fourth-order valence-corrected chi connectivity index (χ4v) is 6.14. The molecule has 4 atom stereocenters. The Morgan fingerprint density at radius 3 is 2.54 bits per heavy atom. The van der Waals surface area contributed by atoms with Crippen LogP contribution in [-0.2, 0) is 17.6 Å². The van der Waals surface area contributed by atoms with Crippen molar-refractivity contribution in [3.63, 3.8) is 0 Å². The quantitative estimate of drug-likeness (QED) is 0.782. The SMILES string of the molecule is Cl.Cl.O=C(NC[C@H]1[C@@H]2CNC[C@@H](C2)[C@@H]2CCCCN21)C1Cc2ccccc2C1. The van der Waals surface area contributed by atoms with Crippen molar-refractivity contribution in [2.24, 2.45) is 17.8 Å². The highest BCUT2D eigenvalue weighted by Crippen LogP contribution is 2.38. The van der Waals surface area contributed by atoms with E-state index in [0.717, 1.165) is 37.9 Å². The molecule has 5 rings (SSSR count). The van der Waals surface area contributed by atoms with Gasteiger partial charge in [0.05, 0.1) is 0 Å². The molecule has 0 spiro atoms. The van der Waals surface area contributed by atoms with Crippen LogP contribution in [0.3, 0.4) is 0 Å². The predicted molar refractivity (Wildman–Crippen MR) is 117 cm³/mol. The lowest BCUT2D eigenvalue weighted by Gasteiger charge is -2.55. The Morgan fingerprint density at radius 2 is 1.79 bits per heavy atom. The van der Waals surface area contributed by atoms with E-state index in [9.17, 15) is 4.79 Å². The van der Waals surface area contributed by atoms with E-state index in [1.54, 1.807) is 0 Å². The summed E-state index contributed by atoms with van der Waals surface area (Å²) in [6.45, 7) is 4.38. The van der Waals surface area contributed by atoms with Gasteiger partial charge in [-0.15, -0.1) is 24.8 Å². The van der Waals surface area contributed by atoms with Gasteiger partial charge in [0, 0.05) is 24.5 Å². The second-order valence-corrected chi connectivity index (χ2v) is 8.90. The van der Waals surface area contributed by atoms with E-state index >= 15 is 0 Å². The van der Waals surface area contributed by atoms with E-state index in [2.05, 4.69) is 39.8 Å². The van der Waals surface area contributed by atoms with Crippen LogP contribution in [0, 0.1) is 17.8 Å². The van der Waals surface area contributed by atoms with Gasteiger partial charge in [-0.1, -0.05) is 30.7 Å². The van der Waals surface area contributed by atoms with E-state index in [4.69, 9.17) is 0 Å². The normalized spacial score (nSPS) is 31.7. The Hall–Kier alpha value is -0.810. The van der Waals surface area contributed by atoms with Gasteiger partial charge in [0.1, 0.15) is 0 Å². The molecule has 2 N–H and O–H groups in total. The first-order valence-corrected chi connectivity index (χ1v) is 10.6. The van der Waals surface area contributed by atoms with Gasteiger partial charge in [-0.05, 0) is 74.7 Å². The molecule has 3 aliphatic heterocycles. The minimum Gasteiger partial charge on any atom is -0.354 e. The van der Waals surface area contributed by atoms with Crippen LogP contribution >= 0.6 is 24.8 Å². The molecule has 0 saturated carbocycles. The molecule has 3 fully saturated rings. The number of nitrogens with zero attached hydrogens (tertiary/aromatic N) is 1. The number of carbonyl (C=O) groups is 1. The van der Waals surface area contributed by atoms with Gasteiger partial charge in [-0.25, -0.2) is 0 Å². The summed E-state index contributed by atoms with van der Waals surface area (Å²) in [5, 5.41) is 7.02. The lowest BCUT2D eigenvalue weighted by molar-refractivity contribution is -0.125. The van der Waals surface area contributed by atoms with Gasteiger partial charge in [-0.2, -0.15) is 0 Å². The van der Waals surface area contributed by atoms with Crippen molar-refractivity contribution in [1.29, 1.82) is 0 Å². The van der Waals surface area contributed by atoms with Crippen LogP contribution in [0.1, 0.15) is 36.8 Å². The highest BCUT2D eigenvalue weighted by atomic mass is 35.5. The van der Waals surface area contributed by atoms with Crippen molar-refractivity contribution >= 4 is 30.7 Å². The molecule has 0 aromatic heterocycles. The number of fused-ring (bicyclic) bond motifs is 5.